The number of pyridine rings is 1. The summed E-state index contributed by atoms with van der Waals surface area (Å²) in [5.41, 5.74) is 5.39. The average Bonchev–Trinajstić information content (AvgIpc) is 2.64. The quantitative estimate of drug-likeness (QED) is 0.569. The average molecular weight is 220 g/mol. The Kier molecular flexibility index (Phi) is 1.96. The van der Waals surface area contributed by atoms with E-state index in [0.717, 1.165) is 22.0 Å². The van der Waals surface area contributed by atoms with E-state index in [9.17, 15) is 5.26 Å². The van der Waals surface area contributed by atoms with Gasteiger partial charge in [0.2, 0.25) is 0 Å². The number of nitrogens with zero attached hydrogens (tertiary/aromatic N) is 2. The van der Waals surface area contributed by atoms with Crippen molar-refractivity contribution >= 4 is 16.4 Å². The highest BCUT2D eigenvalue weighted by Crippen LogP contribution is 2.26. The highest BCUT2D eigenvalue weighted by Gasteiger charge is 2.09. The van der Waals surface area contributed by atoms with Crippen molar-refractivity contribution in [3.8, 4) is 6.07 Å². The van der Waals surface area contributed by atoms with Gasteiger partial charge in [-0.3, -0.25) is 0 Å². The van der Waals surface area contributed by atoms with Gasteiger partial charge in [-0.15, -0.1) is 0 Å². The number of rotatable bonds is 0. The van der Waals surface area contributed by atoms with E-state index in [1.165, 1.54) is 11.3 Å². The van der Waals surface area contributed by atoms with Gasteiger partial charge in [-0.25, -0.2) is 0 Å². The summed E-state index contributed by atoms with van der Waals surface area (Å²) in [6, 6.07) is 14.5. The first-order valence-electron chi connectivity index (χ1n) is 5.63. The monoisotopic (exact) mass is 220 g/mol. The summed E-state index contributed by atoms with van der Waals surface area (Å²) in [6.07, 6.45) is 0. The maximum absolute atomic E-state index is 9.23. The van der Waals surface area contributed by atoms with Gasteiger partial charge in [-0.1, -0.05) is 18.2 Å². The van der Waals surface area contributed by atoms with Crippen LogP contribution >= 0.6 is 0 Å². The molecule has 0 N–H and O–H groups in total. The van der Waals surface area contributed by atoms with Crippen molar-refractivity contribution < 1.29 is 0 Å². The van der Waals surface area contributed by atoms with Gasteiger partial charge < -0.3 is 4.40 Å². The smallest absolute Gasteiger partial charge is 0.0999 e. The Balaban J connectivity index is 2.68. The van der Waals surface area contributed by atoms with Crippen LogP contribution in [0.25, 0.3) is 16.4 Å². The lowest BCUT2D eigenvalue weighted by molar-refractivity contribution is 1.16. The summed E-state index contributed by atoms with van der Waals surface area (Å²) in [5, 5.41) is 10.2. The normalized spacial score (nSPS) is 10.9. The fourth-order valence-electron chi connectivity index (χ4n) is 2.52. The van der Waals surface area contributed by atoms with Crippen LogP contribution in [0.3, 0.4) is 0 Å². The first-order valence-corrected chi connectivity index (χ1v) is 5.63. The zero-order valence-corrected chi connectivity index (χ0v) is 9.86. The SMILES string of the molecule is Cc1cc(C)n2c1cc(C#N)c1ccccc12. The van der Waals surface area contributed by atoms with Crippen LogP contribution in [0.2, 0.25) is 0 Å². The van der Waals surface area contributed by atoms with Crippen LogP contribution in [0.1, 0.15) is 16.8 Å². The fourth-order valence-corrected chi connectivity index (χ4v) is 2.52. The van der Waals surface area contributed by atoms with E-state index in [1.54, 1.807) is 0 Å². The molecule has 2 aromatic heterocycles. The van der Waals surface area contributed by atoms with Crippen molar-refractivity contribution in [2.75, 3.05) is 0 Å². The Morgan fingerprint density at radius 1 is 1.06 bits per heavy atom. The first kappa shape index (κ1) is 9.92. The minimum Gasteiger partial charge on any atom is -0.314 e. The molecule has 3 aromatic rings. The second kappa shape index (κ2) is 3.36. The van der Waals surface area contributed by atoms with Crippen molar-refractivity contribution in [2.24, 2.45) is 0 Å². The van der Waals surface area contributed by atoms with Crippen molar-refractivity contribution in [1.82, 2.24) is 4.40 Å². The predicted molar refractivity (Wildman–Crippen MR) is 69.1 cm³/mol. The third kappa shape index (κ3) is 1.26. The van der Waals surface area contributed by atoms with E-state index in [-0.39, 0.29) is 0 Å². The molecule has 0 spiro atoms. The Labute approximate surface area is 99.7 Å². The number of nitriles is 1. The second-order valence-corrected chi connectivity index (χ2v) is 4.38. The molecule has 82 valence electrons. The highest BCUT2D eigenvalue weighted by atomic mass is 14.9. The molecule has 0 radical (unpaired) electrons. The molecule has 2 heteroatoms. The molecule has 3 rings (SSSR count). The maximum atomic E-state index is 9.23. The third-order valence-electron chi connectivity index (χ3n) is 3.26. The molecule has 0 aliphatic rings. The minimum absolute atomic E-state index is 0.745. The standard InChI is InChI=1S/C15H12N2/c1-10-7-11(2)17-14-6-4-3-5-13(14)12(9-16)8-15(10)17/h3-8H,1-2H3. The molecule has 0 aliphatic carbocycles. The molecule has 2 heterocycles. The Morgan fingerprint density at radius 3 is 2.59 bits per heavy atom. The molecular formula is C15H12N2. The Hall–Kier alpha value is -2.27. The summed E-state index contributed by atoms with van der Waals surface area (Å²) >= 11 is 0. The van der Waals surface area contributed by atoms with Gasteiger partial charge in [0.05, 0.1) is 22.7 Å². The molecule has 0 saturated carbocycles. The molecule has 1 aromatic carbocycles. The Morgan fingerprint density at radius 2 is 1.82 bits per heavy atom. The number of benzene rings is 1. The number of para-hydroxylation sites is 1. The van der Waals surface area contributed by atoms with E-state index in [0.29, 0.717) is 0 Å². The van der Waals surface area contributed by atoms with E-state index in [2.05, 4.69) is 36.5 Å². The molecule has 0 unspecified atom stereocenters. The number of aromatic nitrogens is 1. The molecule has 0 amide bonds. The zero-order valence-electron chi connectivity index (χ0n) is 9.86. The van der Waals surface area contributed by atoms with Crippen LogP contribution in [-0.2, 0) is 0 Å². The van der Waals surface area contributed by atoms with Crippen LogP contribution in [0.4, 0.5) is 0 Å². The number of hydrogen-bond donors (Lipinski definition) is 0. The predicted octanol–water partition coefficient (Wildman–Crippen LogP) is 3.58. The maximum Gasteiger partial charge on any atom is 0.0999 e. The van der Waals surface area contributed by atoms with Crippen molar-refractivity contribution in [1.29, 1.82) is 5.26 Å². The molecule has 0 aliphatic heterocycles. The van der Waals surface area contributed by atoms with Crippen molar-refractivity contribution in [3.05, 3.63) is 53.2 Å². The lowest BCUT2D eigenvalue weighted by Crippen LogP contribution is -1.92. The third-order valence-corrected chi connectivity index (χ3v) is 3.26. The summed E-state index contributed by atoms with van der Waals surface area (Å²) in [5.74, 6) is 0. The van der Waals surface area contributed by atoms with Gasteiger partial charge in [-0.05, 0) is 37.6 Å². The van der Waals surface area contributed by atoms with Crippen molar-refractivity contribution in [2.45, 2.75) is 13.8 Å². The summed E-state index contributed by atoms with van der Waals surface area (Å²) in [7, 11) is 0. The number of aryl methyl sites for hydroxylation is 2. The number of fused-ring (bicyclic) bond motifs is 3. The molecule has 2 nitrogen and oxygen atoms in total. The second-order valence-electron chi connectivity index (χ2n) is 4.38. The molecule has 0 atom stereocenters. The van der Waals surface area contributed by atoms with Gasteiger partial charge in [0.15, 0.2) is 0 Å². The lowest BCUT2D eigenvalue weighted by Gasteiger charge is -2.07. The van der Waals surface area contributed by atoms with E-state index < -0.39 is 0 Å². The highest BCUT2D eigenvalue weighted by molar-refractivity contribution is 5.89. The molecular weight excluding hydrogens is 208 g/mol. The number of hydrogen-bond acceptors (Lipinski definition) is 1. The van der Waals surface area contributed by atoms with Crippen LogP contribution in [0.15, 0.2) is 36.4 Å². The van der Waals surface area contributed by atoms with Crippen LogP contribution in [0.5, 0.6) is 0 Å². The van der Waals surface area contributed by atoms with Gasteiger partial charge in [0.25, 0.3) is 0 Å². The fraction of sp³-hybridized carbons (Fsp3) is 0.133. The largest absolute Gasteiger partial charge is 0.314 e. The van der Waals surface area contributed by atoms with Gasteiger partial charge in [0.1, 0.15) is 0 Å². The Bertz CT molecular complexity index is 773. The van der Waals surface area contributed by atoms with E-state index in [1.807, 2.05) is 24.3 Å². The van der Waals surface area contributed by atoms with E-state index in [4.69, 9.17) is 0 Å². The zero-order chi connectivity index (χ0) is 12.0. The minimum atomic E-state index is 0.745. The van der Waals surface area contributed by atoms with Gasteiger partial charge in [-0.2, -0.15) is 5.26 Å². The van der Waals surface area contributed by atoms with Crippen LogP contribution < -0.4 is 0 Å². The molecule has 0 fully saturated rings. The van der Waals surface area contributed by atoms with Crippen LogP contribution in [-0.4, -0.2) is 4.40 Å². The van der Waals surface area contributed by atoms with Gasteiger partial charge >= 0.3 is 0 Å². The topological polar surface area (TPSA) is 28.2 Å². The molecule has 0 saturated heterocycles. The van der Waals surface area contributed by atoms with Crippen LogP contribution in [0, 0.1) is 25.2 Å². The first-order chi connectivity index (χ1) is 8.22. The molecule has 17 heavy (non-hydrogen) atoms. The summed E-state index contributed by atoms with van der Waals surface area (Å²) < 4.78 is 2.21. The lowest BCUT2D eigenvalue weighted by atomic mass is 10.1. The summed E-state index contributed by atoms with van der Waals surface area (Å²) in [6.45, 7) is 4.18. The molecule has 0 bridgehead atoms. The van der Waals surface area contributed by atoms with Crippen molar-refractivity contribution in [3.63, 3.8) is 0 Å². The van der Waals surface area contributed by atoms with E-state index >= 15 is 0 Å². The van der Waals surface area contributed by atoms with Gasteiger partial charge in [0, 0.05) is 11.1 Å². The summed E-state index contributed by atoms with van der Waals surface area (Å²) in [4.78, 5) is 0.